The monoisotopic (exact) mass is 288 g/mol. The molecule has 0 unspecified atom stereocenters. The fourth-order valence-electron chi connectivity index (χ4n) is 2.73. The van der Waals surface area contributed by atoms with E-state index in [1.54, 1.807) is 24.3 Å². The number of carbonyl (C=O) groups excluding carboxylic acids is 1. The highest BCUT2D eigenvalue weighted by atomic mass is 16.5. The van der Waals surface area contributed by atoms with Crippen LogP contribution in [-0.2, 0) is 9.53 Å². The fourth-order valence-corrected chi connectivity index (χ4v) is 2.73. The average molecular weight is 288 g/mol. The van der Waals surface area contributed by atoms with Gasteiger partial charge in [-0.3, -0.25) is 4.79 Å². The van der Waals surface area contributed by atoms with Gasteiger partial charge in [-0.25, -0.2) is 0 Å². The Bertz CT molecular complexity index is 525. The lowest BCUT2D eigenvalue weighted by atomic mass is 10.1. The maximum atomic E-state index is 12.3. The highest BCUT2D eigenvalue weighted by molar-refractivity contribution is 5.93. The van der Waals surface area contributed by atoms with E-state index in [1.807, 2.05) is 20.8 Å². The molecule has 0 aliphatic carbocycles. The van der Waals surface area contributed by atoms with Gasteiger partial charge in [0.05, 0.1) is 11.6 Å². The molecule has 1 amide bonds. The molecule has 1 aromatic carbocycles. The number of amides is 1. The van der Waals surface area contributed by atoms with Crippen LogP contribution in [0.25, 0.3) is 0 Å². The topological polar surface area (TPSA) is 66.6 Å². The zero-order chi connectivity index (χ0) is 15.4. The second-order valence-electron chi connectivity index (χ2n) is 5.72. The molecular weight excluding hydrogens is 266 g/mol. The van der Waals surface area contributed by atoms with Crippen LogP contribution in [0.1, 0.15) is 26.3 Å². The van der Waals surface area contributed by atoms with Gasteiger partial charge in [0.25, 0.3) is 5.91 Å². The molecule has 21 heavy (non-hydrogen) atoms. The highest BCUT2D eigenvalue weighted by Gasteiger charge is 2.32. The maximum Gasteiger partial charge on any atom is 0.282 e. The summed E-state index contributed by atoms with van der Waals surface area (Å²) in [5.74, 6) is -0.00370. The first kappa shape index (κ1) is 15.5. The number of nitriles is 1. The largest absolute Gasteiger partial charge is 0.364 e. The molecular formula is C16H22N3O2+. The Morgan fingerprint density at radius 2 is 1.90 bits per heavy atom. The van der Waals surface area contributed by atoms with Gasteiger partial charge in [0, 0.05) is 5.69 Å². The Kier molecular flexibility index (Phi) is 4.94. The van der Waals surface area contributed by atoms with E-state index in [0.717, 1.165) is 18.8 Å². The van der Waals surface area contributed by atoms with Gasteiger partial charge in [0.15, 0.2) is 6.04 Å². The van der Waals surface area contributed by atoms with Crippen molar-refractivity contribution in [3.8, 4) is 6.07 Å². The summed E-state index contributed by atoms with van der Waals surface area (Å²) >= 11 is 0. The number of ether oxygens (including phenoxy) is 1. The number of benzene rings is 1. The number of carbonyl (C=O) groups is 1. The van der Waals surface area contributed by atoms with Crippen LogP contribution in [0.4, 0.5) is 5.69 Å². The van der Waals surface area contributed by atoms with Crippen LogP contribution in [0, 0.1) is 11.3 Å². The Morgan fingerprint density at radius 3 is 2.43 bits per heavy atom. The van der Waals surface area contributed by atoms with Crippen LogP contribution in [0.15, 0.2) is 24.3 Å². The third kappa shape index (κ3) is 4.03. The first-order chi connectivity index (χ1) is 9.99. The molecule has 5 heteroatoms. The van der Waals surface area contributed by atoms with Crippen LogP contribution in [0.3, 0.4) is 0 Å². The predicted octanol–water partition coefficient (Wildman–Crippen LogP) is 0.577. The van der Waals surface area contributed by atoms with Crippen molar-refractivity contribution in [3.63, 3.8) is 0 Å². The fraction of sp³-hybridized carbons (Fsp3) is 0.500. The standard InChI is InChI=1S/C16H21N3O2/c1-11-9-19(10-12(2)21-11)13(3)16(20)18-15-6-4-14(8-17)5-7-15/h4-7,11-13H,9-10H2,1-3H3,(H,18,20)/p+1/t11-,12-,13+/m1/s1. The van der Waals surface area contributed by atoms with Crippen LogP contribution in [0.2, 0.25) is 0 Å². The molecule has 3 atom stereocenters. The molecule has 2 rings (SSSR count). The van der Waals surface area contributed by atoms with Gasteiger partial charge in [-0.2, -0.15) is 5.26 Å². The first-order valence-corrected chi connectivity index (χ1v) is 7.30. The van der Waals surface area contributed by atoms with Crippen molar-refractivity contribution in [2.45, 2.75) is 39.0 Å². The number of nitrogens with zero attached hydrogens (tertiary/aromatic N) is 1. The average Bonchev–Trinajstić information content (AvgIpc) is 2.46. The van der Waals surface area contributed by atoms with Crippen molar-refractivity contribution in [1.82, 2.24) is 0 Å². The van der Waals surface area contributed by atoms with Crippen molar-refractivity contribution in [2.24, 2.45) is 0 Å². The smallest absolute Gasteiger partial charge is 0.282 e. The summed E-state index contributed by atoms with van der Waals surface area (Å²) in [5.41, 5.74) is 1.31. The molecule has 5 nitrogen and oxygen atoms in total. The molecule has 2 N–H and O–H groups in total. The normalized spacial score (nSPS) is 26.7. The summed E-state index contributed by atoms with van der Waals surface area (Å²) in [6.07, 6.45) is 0.350. The molecule has 1 heterocycles. The Hall–Kier alpha value is -1.90. The van der Waals surface area contributed by atoms with E-state index >= 15 is 0 Å². The summed E-state index contributed by atoms with van der Waals surface area (Å²) in [7, 11) is 0. The second kappa shape index (κ2) is 6.70. The number of morpholine rings is 1. The molecule has 1 aliphatic rings. The highest BCUT2D eigenvalue weighted by Crippen LogP contribution is 2.09. The van der Waals surface area contributed by atoms with E-state index in [0.29, 0.717) is 5.56 Å². The van der Waals surface area contributed by atoms with Crippen molar-refractivity contribution in [2.75, 3.05) is 18.4 Å². The number of nitrogens with one attached hydrogen (secondary N) is 2. The van der Waals surface area contributed by atoms with Gasteiger partial charge >= 0.3 is 0 Å². The first-order valence-electron chi connectivity index (χ1n) is 7.30. The molecule has 1 aliphatic heterocycles. The van der Waals surface area contributed by atoms with Gasteiger partial charge in [0.1, 0.15) is 25.3 Å². The van der Waals surface area contributed by atoms with Gasteiger partial charge in [0.2, 0.25) is 0 Å². The van der Waals surface area contributed by atoms with E-state index in [1.165, 1.54) is 4.90 Å². The van der Waals surface area contributed by atoms with Crippen molar-refractivity contribution in [1.29, 1.82) is 5.26 Å². The van der Waals surface area contributed by atoms with E-state index < -0.39 is 0 Å². The van der Waals surface area contributed by atoms with Gasteiger partial charge in [-0.05, 0) is 45.0 Å². The number of hydrogen-bond donors (Lipinski definition) is 2. The SMILES string of the molecule is C[C@@H]1C[NH+]([C@@H](C)C(=O)Nc2ccc(C#N)cc2)C[C@@H](C)O1. The second-order valence-corrected chi connectivity index (χ2v) is 5.72. The molecule has 1 saturated heterocycles. The quantitative estimate of drug-likeness (QED) is 0.855. The predicted molar refractivity (Wildman–Crippen MR) is 80.0 cm³/mol. The van der Waals surface area contributed by atoms with Crippen molar-refractivity contribution < 1.29 is 14.4 Å². The van der Waals surface area contributed by atoms with Crippen molar-refractivity contribution in [3.05, 3.63) is 29.8 Å². The molecule has 0 aromatic heterocycles. The van der Waals surface area contributed by atoms with Crippen molar-refractivity contribution >= 4 is 11.6 Å². The van der Waals surface area contributed by atoms with E-state index in [-0.39, 0.29) is 24.2 Å². The number of anilines is 1. The Balaban J connectivity index is 1.97. The lowest BCUT2D eigenvalue weighted by Crippen LogP contribution is -3.19. The maximum absolute atomic E-state index is 12.3. The lowest BCUT2D eigenvalue weighted by molar-refractivity contribution is -0.928. The molecule has 1 fully saturated rings. The van der Waals surface area contributed by atoms with Gasteiger partial charge in [-0.15, -0.1) is 0 Å². The molecule has 1 aromatic rings. The summed E-state index contributed by atoms with van der Waals surface area (Å²) in [4.78, 5) is 13.6. The molecule has 112 valence electrons. The summed E-state index contributed by atoms with van der Waals surface area (Å²) in [5, 5.41) is 11.7. The van der Waals surface area contributed by atoms with Crippen LogP contribution < -0.4 is 10.2 Å². The number of rotatable bonds is 3. The van der Waals surface area contributed by atoms with Gasteiger partial charge < -0.3 is 15.0 Å². The molecule has 0 bridgehead atoms. The van der Waals surface area contributed by atoms with E-state index in [2.05, 4.69) is 11.4 Å². The molecule has 0 radical (unpaired) electrons. The third-order valence-electron chi connectivity index (χ3n) is 3.85. The minimum atomic E-state index is -0.130. The minimum absolute atomic E-state index is 0.00370. The molecule has 0 spiro atoms. The van der Waals surface area contributed by atoms with Crippen LogP contribution >= 0.6 is 0 Å². The summed E-state index contributed by atoms with van der Waals surface area (Å²) < 4.78 is 5.71. The third-order valence-corrected chi connectivity index (χ3v) is 3.85. The number of quaternary nitrogens is 1. The zero-order valence-electron chi connectivity index (χ0n) is 12.7. The Labute approximate surface area is 125 Å². The van der Waals surface area contributed by atoms with E-state index in [4.69, 9.17) is 10.00 Å². The van der Waals surface area contributed by atoms with Gasteiger partial charge in [-0.1, -0.05) is 0 Å². The minimum Gasteiger partial charge on any atom is -0.364 e. The zero-order valence-corrected chi connectivity index (χ0v) is 12.7. The van der Waals surface area contributed by atoms with Crippen LogP contribution in [0.5, 0.6) is 0 Å². The van der Waals surface area contributed by atoms with E-state index in [9.17, 15) is 4.79 Å². The number of hydrogen-bond acceptors (Lipinski definition) is 3. The summed E-state index contributed by atoms with van der Waals surface area (Å²) in [6.45, 7) is 7.71. The summed E-state index contributed by atoms with van der Waals surface area (Å²) in [6, 6.07) is 8.84. The Morgan fingerprint density at radius 1 is 1.33 bits per heavy atom. The van der Waals surface area contributed by atoms with Crippen LogP contribution in [-0.4, -0.2) is 37.2 Å². The molecule has 0 saturated carbocycles. The lowest BCUT2D eigenvalue weighted by Gasteiger charge is -2.35.